The average Bonchev–Trinajstić information content (AvgIpc) is 3.33. The van der Waals surface area contributed by atoms with E-state index in [4.69, 9.17) is 28.5 Å². The second-order valence-corrected chi connectivity index (χ2v) is 11.9. The van der Waals surface area contributed by atoms with Crippen molar-refractivity contribution in [3.63, 3.8) is 0 Å². The number of amides is 1. The van der Waals surface area contributed by atoms with E-state index in [1.54, 1.807) is 48.3 Å². The van der Waals surface area contributed by atoms with Gasteiger partial charge in [0.1, 0.15) is 16.7 Å². The smallest absolute Gasteiger partial charge is 0.263 e. The van der Waals surface area contributed by atoms with Gasteiger partial charge in [-0.1, -0.05) is 41.4 Å². The number of sulfonamides is 1. The Morgan fingerprint density at radius 2 is 2.03 bits per heavy atom. The fourth-order valence-electron chi connectivity index (χ4n) is 4.43. The molecule has 0 bridgehead atoms. The molecule has 0 radical (unpaired) electrons. The van der Waals surface area contributed by atoms with Crippen molar-refractivity contribution in [2.24, 2.45) is 0 Å². The van der Waals surface area contributed by atoms with Gasteiger partial charge in [0.15, 0.2) is 0 Å². The van der Waals surface area contributed by atoms with Gasteiger partial charge in [-0.05, 0) is 53.9 Å². The van der Waals surface area contributed by atoms with E-state index in [9.17, 15) is 18.3 Å². The molecule has 9 nitrogen and oxygen atoms in total. The molecule has 2 aromatic carbocycles. The van der Waals surface area contributed by atoms with E-state index in [1.807, 2.05) is 12.1 Å². The minimum absolute atomic E-state index is 0.0802. The first-order valence-corrected chi connectivity index (χ1v) is 14.4. The van der Waals surface area contributed by atoms with Crippen molar-refractivity contribution in [2.45, 2.75) is 29.9 Å². The number of aromatic nitrogens is 1. The summed E-state index contributed by atoms with van der Waals surface area (Å²) in [5, 5.41) is 19.7. The summed E-state index contributed by atoms with van der Waals surface area (Å²) in [6.07, 6.45) is 1.44. The molecule has 2 N–H and O–H groups in total. The van der Waals surface area contributed by atoms with Gasteiger partial charge in [0.2, 0.25) is 5.91 Å². The minimum Gasteiger partial charge on any atom is -0.392 e. The van der Waals surface area contributed by atoms with Gasteiger partial charge in [0.05, 0.1) is 28.6 Å². The molecule has 2 heterocycles. The number of nitrogens with zero attached hydrogens (tertiary/aromatic N) is 4. The molecule has 12 heteroatoms. The molecule has 3 aromatic rings. The quantitative estimate of drug-likeness (QED) is 0.389. The maximum atomic E-state index is 13.4. The fraction of sp³-hybridized carbons (Fsp3) is 0.296. The monoisotopic (exact) mass is 587 g/mol. The number of hydrogen-bond donors (Lipinski definition) is 2. The Morgan fingerprint density at radius 3 is 2.67 bits per heavy atom. The summed E-state index contributed by atoms with van der Waals surface area (Å²) in [5.74, 6) is -0.159. The highest BCUT2D eigenvalue weighted by molar-refractivity contribution is 7.92. The number of halogens is 2. The highest BCUT2D eigenvalue weighted by Crippen LogP contribution is 2.28. The SMILES string of the molecule is CN(C(=O)Cc1ccc(Cl)c(Cl)c1)C(CN1CC[C@@H](O)C1)c1cccc(NS(=O)(=O)c2ccc(C#N)nc2)c1. The third kappa shape index (κ3) is 7.26. The molecule has 1 amide bonds. The van der Waals surface area contributed by atoms with Crippen LogP contribution >= 0.6 is 23.2 Å². The molecular formula is C27H27Cl2N5O4S. The number of aliphatic hydroxyl groups is 1. The van der Waals surface area contributed by atoms with Gasteiger partial charge in [-0.2, -0.15) is 5.26 Å². The van der Waals surface area contributed by atoms with E-state index in [0.29, 0.717) is 47.4 Å². The maximum absolute atomic E-state index is 13.4. The van der Waals surface area contributed by atoms with Crippen molar-refractivity contribution >= 4 is 44.8 Å². The zero-order valence-corrected chi connectivity index (χ0v) is 23.4. The van der Waals surface area contributed by atoms with Crippen LogP contribution in [0.15, 0.2) is 65.7 Å². The van der Waals surface area contributed by atoms with E-state index >= 15 is 0 Å². The predicted molar refractivity (Wildman–Crippen MR) is 149 cm³/mol. The lowest BCUT2D eigenvalue weighted by molar-refractivity contribution is -0.131. The summed E-state index contributed by atoms with van der Waals surface area (Å²) < 4.78 is 28.4. The summed E-state index contributed by atoms with van der Waals surface area (Å²) in [6, 6.07) is 16.0. The van der Waals surface area contributed by atoms with Crippen LogP contribution in [0.2, 0.25) is 10.0 Å². The second kappa shape index (κ2) is 12.3. The Bertz CT molecular complexity index is 1490. The van der Waals surface area contributed by atoms with E-state index in [1.165, 1.54) is 12.1 Å². The van der Waals surface area contributed by atoms with Crippen LogP contribution in [0.3, 0.4) is 0 Å². The van der Waals surface area contributed by atoms with Gasteiger partial charge >= 0.3 is 0 Å². The molecule has 0 saturated carbocycles. The minimum atomic E-state index is -3.96. The Labute approximate surface area is 237 Å². The number of rotatable bonds is 9. The molecule has 0 aliphatic carbocycles. The molecule has 1 aliphatic rings. The van der Waals surface area contributed by atoms with Crippen molar-refractivity contribution in [3.05, 3.63) is 87.7 Å². The van der Waals surface area contributed by atoms with E-state index < -0.39 is 22.2 Å². The lowest BCUT2D eigenvalue weighted by atomic mass is 10.0. The summed E-state index contributed by atoms with van der Waals surface area (Å²) in [6.45, 7) is 1.63. The molecular weight excluding hydrogens is 561 g/mol. The number of carbonyl (C=O) groups excluding carboxylic acids is 1. The number of nitrogens with one attached hydrogen (secondary N) is 1. The predicted octanol–water partition coefficient (Wildman–Crippen LogP) is 3.87. The Balaban J connectivity index is 1.58. The third-order valence-electron chi connectivity index (χ3n) is 6.56. The highest BCUT2D eigenvalue weighted by Gasteiger charge is 2.29. The van der Waals surface area contributed by atoms with E-state index in [-0.39, 0.29) is 22.9 Å². The number of aliphatic hydroxyl groups excluding tert-OH is 1. The molecule has 4 rings (SSSR count). The van der Waals surface area contributed by atoms with Crippen molar-refractivity contribution in [3.8, 4) is 6.07 Å². The average molecular weight is 589 g/mol. The van der Waals surface area contributed by atoms with Crippen LogP contribution in [0.5, 0.6) is 0 Å². The van der Waals surface area contributed by atoms with Gasteiger partial charge in [0.25, 0.3) is 10.0 Å². The third-order valence-corrected chi connectivity index (χ3v) is 8.67. The van der Waals surface area contributed by atoms with Crippen LogP contribution < -0.4 is 4.72 Å². The van der Waals surface area contributed by atoms with Crippen molar-refractivity contribution in [2.75, 3.05) is 31.4 Å². The summed E-state index contributed by atoms with van der Waals surface area (Å²) in [4.78, 5) is 20.8. The summed E-state index contributed by atoms with van der Waals surface area (Å²) in [7, 11) is -2.26. The lowest BCUT2D eigenvalue weighted by Gasteiger charge is -2.32. The maximum Gasteiger partial charge on any atom is 0.263 e. The molecule has 0 spiro atoms. The zero-order valence-electron chi connectivity index (χ0n) is 21.1. The van der Waals surface area contributed by atoms with Crippen molar-refractivity contribution in [1.29, 1.82) is 5.26 Å². The normalized spacial score (nSPS) is 16.4. The molecule has 2 atom stereocenters. The molecule has 1 aromatic heterocycles. The van der Waals surface area contributed by atoms with Crippen LogP contribution in [0, 0.1) is 11.3 Å². The standard InChI is InChI=1S/C27H27Cl2N5O4S/c1-33(27(36)12-18-5-8-24(28)25(29)11-18)26(17-34-10-9-22(35)16-34)19-3-2-4-20(13-19)32-39(37,38)23-7-6-21(14-30)31-15-23/h2-8,11,13,15,22,26,32,35H,9-10,12,16-17H2,1H3/t22-,26?/m1/s1. The number of nitriles is 1. The Hall–Kier alpha value is -3.20. The number of β-amino-alcohol motifs (C(OH)–C–C–N with tert-alkyl or cyclic N) is 1. The number of hydrogen-bond acceptors (Lipinski definition) is 7. The molecule has 39 heavy (non-hydrogen) atoms. The van der Waals surface area contributed by atoms with Crippen LogP contribution in [0.4, 0.5) is 5.69 Å². The first-order chi connectivity index (χ1) is 18.6. The Morgan fingerprint density at radius 1 is 1.23 bits per heavy atom. The second-order valence-electron chi connectivity index (χ2n) is 9.37. The van der Waals surface area contributed by atoms with Gasteiger partial charge in [0, 0.05) is 38.6 Å². The summed E-state index contributed by atoms with van der Waals surface area (Å²) >= 11 is 12.1. The fourth-order valence-corrected chi connectivity index (χ4v) is 5.74. The molecule has 1 unspecified atom stereocenters. The van der Waals surface area contributed by atoms with E-state index in [0.717, 1.165) is 11.8 Å². The first-order valence-electron chi connectivity index (χ1n) is 12.1. The van der Waals surface area contributed by atoms with Crippen LogP contribution in [-0.2, 0) is 21.2 Å². The summed E-state index contributed by atoms with van der Waals surface area (Å²) in [5.41, 5.74) is 1.86. The molecule has 1 fully saturated rings. The van der Waals surface area contributed by atoms with Gasteiger partial charge < -0.3 is 10.0 Å². The van der Waals surface area contributed by atoms with Crippen LogP contribution in [-0.4, -0.2) is 67.0 Å². The topological polar surface area (TPSA) is 127 Å². The van der Waals surface area contributed by atoms with Crippen LogP contribution in [0.1, 0.15) is 29.3 Å². The van der Waals surface area contributed by atoms with Crippen LogP contribution in [0.25, 0.3) is 0 Å². The number of likely N-dealkylation sites (N-methyl/N-ethyl adjacent to an activating group) is 1. The Kier molecular flexibility index (Phi) is 9.10. The van der Waals surface area contributed by atoms with Gasteiger partial charge in [-0.15, -0.1) is 0 Å². The number of anilines is 1. The molecule has 204 valence electrons. The highest BCUT2D eigenvalue weighted by atomic mass is 35.5. The number of pyridine rings is 1. The van der Waals surface area contributed by atoms with Crippen molar-refractivity contribution < 1.29 is 18.3 Å². The number of benzene rings is 2. The van der Waals surface area contributed by atoms with Gasteiger partial charge in [-0.3, -0.25) is 14.4 Å². The van der Waals surface area contributed by atoms with Gasteiger partial charge in [-0.25, -0.2) is 13.4 Å². The zero-order chi connectivity index (χ0) is 28.2. The largest absolute Gasteiger partial charge is 0.392 e. The lowest BCUT2D eigenvalue weighted by Crippen LogP contribution is -2.39. The number of likely N-dealkylation sites (tertiary alicyclic amines) is 1. The molecule has 1 aliphatic heterocycles. The first kappa shape index (κ1) is 28.8. The van der Waals surface area contributed by atoms with E-state index in [2.05, 4.69) is 14.6 Å². The van der Waals surface area contributed by atoms with Crippen molar-refractivity contribution in [1.82, 2.24) is 14.8 Å². The number of carbonyl (C=O) groups is 1. The molecule has 1 saturated heterocycles.